The molecule has 1 fully saturated rings. The second-order valence-corrected chi connectivity index (χ2v) is 9.63. The Balaban J connectivity index is 1.58. The zero-order chi connectivity index (χ0) is 24.5. The largest absolute Gasteiger partial charge is 0.489 e. The summed E-state index contributed by atoms with van der Waals surface area (Å²) in [7, 11) is 0. The van der Waals surface area contributed by atoms with Crippen LogP contribution in [0.4, 0.5) is 5.69 Å². The molecule has 0 aromatic heterocycles. The summed E-state index contributed by atoms with van der Waals surface area (Å²) in [6, 6.07) is 12.4. The van der Waals surface area contributed by atoms with Crippen molar-refractivity contribution in [2.24, 2.45) is 5.92 Å². The summed E-state index contributed by atoms with van der Waals surface area (Å²) in [6.45, 7) is 3.78. The van der Waals surface area contributed by atoms with Crippen molar-refractivity contribution < 1.29 is 19.4 Å². The third-order valence-corrected chi connectivity index (χ3v) is 6.34. The number of hydrogen-bond donors (Lipinski definition) is 3. The molecule has 1 aliphatic carbocycles. The second kappa shape index (κ2) is 12.8. The number of rotatable bonds is 10. The minimum absolute atomic E-state index is 0.0157. The van der Waals surface area contributed by atoms with Crippen molar-refractivity contribution in [1.82, 2.24) is 5.32 Å². The highest BCUT2D eigenvalue weighted by Gasteiger charge is 2.21. The third-order valence-electron chi connectivity index (χ3n) is 6.05. The molecule has 34 heavy (non-hydrogen) atoms. The lowest BCUT2D eigenvalue weighted by Gasteiger charge is -2.21. The van der Waals surface area contributed by atoms with E-state index in [4.69, 9.17) is 16.3 Å². The predicted molar refractivity (Wildman–Crippen MR) is 136 cm³/mol. The van der Waals surface area contributed by atoms with Crippen LogP contribution >= 0.6 is 11.6 Å². The molecule has 0 radical (unpaired) electrons. The van der Waals surface area contributed by atoms with Crippen molar-refractivity contribution >= 4 is 29.1 Å². The molecule has 6 nitrogen and oxygen atoms in total. The fourth-order valence-corrected chi connectivity index (χ4v) is 4.48. The quantitative estimate of drug-likeness (QED) is 0.421. The summed E-state index contributed by atoms with van der Waals surface area (Å²) >= 11 is 6.27. The van der Waals surface area contributed by atoms with E-state index < -0.39 is 0 Å². The number of benzene rings is 2. The molecular formula is C27H35ClN2O4. The zero-order valence-electron chi connectivity index (χ0n) is 20.0. The number of anilines is 1. The first-order chi connectivity index (χ1) is 16.4. The maximum Gasteiger partial charge on any atom is 0.251 e. The molecule has 1 aliphatic rings. The van der Waals surface area contributed by atoms with Crippen LogP contribution < -0.4 is 15.4 Å². The van der Waals surface area contributed by atoms with Gasteiger partial charge in [-0.05, 0) is 75.4 Å². The van der Waals surface area contributed by atoms with Crippen molar-refractivity contribution in [3.63, 3.8) is 0 Å². The van der Waals surface area contributed by atoms with Gasteiger partial charge < -0.3 is 20.5 Å². The van der Waals surface area contributed by atoms with Crippen LogP contribution in [0.2, 0.25) is 5.02 Å². The van der Waals surface area contributed by atoms with Gasteiger partial charge in [-0.1, -0.05) is 43.0 Å². The molecule has 0 aliphatic heterocycles. The first kappa shape index (κ1) is 26.0. The number of hydrogen-bond acceptors (Lipinski definition) is 4. The van der Waals surface area contributed by atoms with Gasteiger partial charge in [0.2, 0.25) is 5.91 Å². The van der Waals surface area contributed by atoms with Gasteiger partial charge in [0, 0.05) is 29.8 Å². The molecule has 2 amide bonds. The van der Waals surface area contributed by atoms with Crippen LogP contribution in [0.15, 0.2) is 42.5 Å². The molecule has 3 rings (SSSR count). The van der Waals surface area contributed by atoms with Gasteiger partial charge in [-0.2, -0.15) is 0 Å². The van der Waals surface area contributed by atoms with Gasteiger partial charge in [-0.3, -0.25) is 9.59 Å². The summed E-state index contributed by atoms with van der Waals surface area (Å²) in [6.07, 6.45) is 6.36. The highest BCUT2D eigenvalue weighted by Crippen LogP contribution is 2.27. The summed E-state index contributed by atoms with van der Waals surface area (Å²) in [5.74, 6) is 0.488. The van der Waals surface area contributed by atoms with Crippen molar-refractivity contribution in [3.05, 3.63) is 58.6 Å². The molecular weight excluding hydrogens is 452 g/mol. The number of carbonyl (C=O) groups excluding carboxylic acids is 2. The van der Waals surface area contributed by atoms with Crippen LogP contribution in [-0.4, -0.2) is 35.7 Å². The second-order valence-electron chi connectivity index (χ2n) is 9.22. The lowest BCUT2D eigenvalue weighted by atomic mass is 9.88. The van der Waals surface area contributed by atoms with E-state index in [-0.39, 0.29) is 36.5 Å². The molecule has 184 valence electrons. The van der Waals surface area contributed by atoms with E-state index >= 15 is 0 Å². The summed E-state index contributed by atoms with van der Waals surface area (Å²) in [5, 5.41) is 15.9. The minimum Gasteiger partial charge on any atom is -0.489 e. The maximum atomic E-state index is 12.8. The van der Waals surface area contributed by atoms with Crippen LogP contribution in [-0.2, 0) is 11.2 Å². The molecule has 0 bridgehead atoms. The van der Waals surface area contributed by atoms with Gasteiger partial charge >= 0.3 is 0 Å². The first-order valence-corrected chi connectivity index (χ1v) is 12.5. The monoisotopic (exact) mass is 486 g/mol. The molecule has 0 spiro atoms. The van der Waals surface area contributed by atoms with Crippen molar-refractivity contribution in [2.75, 3.05) is 11.9 Å². The lowest BCUT2D eigenvalue weighted by Crippen LogP contribution is -2.37. The SMILES string of the molecule is CC(C)Oc1ccc(C(=O)NC(CCO)Cc2ccc(NC(=O)C3CCCCC3)cc2)cc1Cl. The average Bonchev–Trinajstić information content (AvgIpc) is 2.82. The van der Waals surface area contributed by atoms with Gasteiger partial charge in [-0.25, -0.2) is 0 Å². The normalized spacial score (nSPS) is 15.1. The Hall–Kier alpha value is -2.57. The number of carbonyl (C=O) groups is 2. The average molecular weight is 487 g/mol. The Kier molecular flexibility index (Phi) is 9.78. The lowest BCUT2D eigenvalue weighted by molar-refractivity contribution is -0.120. The van der Waals surface area contributed by atoms with E-state index in [1.165, 1.54) is 6.42 Å². The van der Waals surface area contributed by atoms with Crippen molar-refractivity contribution in [3.8, 4) is 5.75 Å². The highest BCUT2D eigenvalue weighted by atomic mass is 35.5. The van der Waals surface area contributed by atoms with Crippen LogP contribution in [0.25, 0.3) is 0 Å². The number of aliphatic hydroxyl groups is 1. The Labute approximate surface area is 207 Å². The minimum atomic E-state index is -0.257. The molecule has 1 atom stereocenters. The first-order valence-electron chi connectivity index (χ1n) is 12.1. The Morgan fingerprint density at radius 3 is 2.41 bits per heavy atom. The fraction of sp³-hybridized carbons (Fsp3) is 0.481. The number of ether oxygens (including phenoxy) is 1. The van der Waals surface area contributed by atoms with Gasteiger partial charge in [-0.15, -0.1) is 0 Å². The molecule has 3 N–H and O–H groups in total. The Morgan fingerprint density at radius 1 is 1.09 bits per heavy atom. The van der Waals surface area contributed by atoms with Gasteiger partial charge in [0.1, 0.15) is 5.75 Å². The smallest absolute Gasteiger partial charge is 0.251 e. The third kappa shape index (κ3) is 7.74. The Morgan fingerprint density at radius 2 is 1.79 bits per heavy atom. The molecule has 0 heterocycles. The van der Waals surface area contributed by atoms with Crippen LogP contribution in [0.1, 0.15) is 68.3 Å². The standard InChI is InChI=1S/C27H35ClN2O4/c1-18(2)34-25-13-10-21(17-24(25)28)27(33)30-23(14-15-31)16-19-8-11-22(12-9-19)29-26(32)20-6-4-3-5-7-20/h8-13,17-18,20,23,31H,3-7,14-16H2,1-2H3,(H,29,32)(H,30,33). The van der Waals surface area contributed by atoms with E-state index in [9.17, 15) is 14.7 Å². The summed E-state index contributed by atoms with van der Waals surface area (Å²) < 4.78 is 5.62. The van der Waals surface area contributed by atoms with Crippen LogP contribution in [0, 0.1) is 5.92 Å². The summed E-state index contributed by atoms with van der Waals surface area (Å²) in [5.41, 5.74) is 2.22. The highest BCUT2D eigenvalue weighted by molar-refractivity contribution is 6.32. The van der Waals surface area contributed by atoms with E-state index in [1.54, 1.807) is 18.2 Å². The van der Waals surface area contributed by atoms with Gasteiger partial charge in [0.25, 0.3) is 5.91 Å². The molecule has 7 heteroatoms. The number of halogens is 1. The maximum absolute atomic E-state index is 12.8. The van der Waals surface area contributed by atoms with Crippen LogP contribution in [0.5, 0.6) is 5.75 Å². The molecule has 2 aromatic carbocycles. The molecule has 2 aromatic rings. The Bertz CT molecular complexity index is 956. The molecule has 1 saturated carbocycles. The van der Waals surface area contributed by atoms with Crippen LogP contribution in [0.3, 0.4) is 0 Å². The van der Waals surface area contributed by atoms with E-state index in [0.717, 1.165) is 36.9 Å². The number of nitrogens with one attached hydrogen (secondary N) is 2. The van der Waals surface area contributed by atoms with Gasteiger partial charge in [0.05, 0.1) is 11.1 Å². The van der Waals surface area contributed by atoms with E-state index in [2.05, 4.69) is 10.6 Å². The van der Waals surface area contributed by atoms with Crippen molar-refractivity contribution in [1.29, 1.82) is 0 Å². The van der Waals surface area contributed by atoms with Crippen molar-refractivity contribution in [2.45, 2.75) is 70.9 Å². The summed E-state index contributed by atoms with van der Waals surface area (Å²) in [4.78, 5) is 25.3. The van der Waals surface area contributed by atoms with E-state index in [1.807, 2.05) is 38.1 Å². The zero-order valence-corrected chi connectivity index (χ0v) is 20.7. The fourth-order valence-electron chi connectivity index (χ4n) is 4.26. The van der Waals surface area contributed by atoms with E-state index in [0.29, 0.717) is 29.2 Å². The number of amides is 2. The number of aliphatic hydroxyl groups excluding tert-OH is 1. The topological polar surface area (TPSA) is 87.7 Å². The van der Waals surface area contributed by atoms with Gasteiger partial charge in [0.15, 0.2) is 0 Å². The predicted octanol–water partition coefficient (Wildman–Crippen LogP) is 5.37. The molecule has 1 unspecified atom stereocenters. The molecule has 0 saturated heterocycles.